The summed E-state index contributed by atoms with van der Waals surface area (Å²) in [6.07, 6.45) is 2.34. The van der Waals surface area contributed by atoms with Crippen LogP contribution in [0.3, 0.4) is 0 Å². The predicted molar refractivity (Wildman–Crippen MR) is 72.9 cm³/mol. The third-order valence-corrected chi connectivity index (χ3v) is 3.23. The van der Waals surface area contributed by atoms with Crippen molar-refractivity contribution in [3.05, 3.63) is 29.7 Å². The molecule has 0 saturated carbocycles. The monoisotopic (exact) mass is 301 g/mol. The Morgan fingerprint density at radius 2 is 2.32 bits per heavy atom. The van der Waals surface area contributed by atoms with Gasteiger partial charge in [0, 0.05) is 12.1 Å². The Balaban J connectivity index is 2.45. The molecular weight excluding hydrogens is 289 g/mol. The molecular formula is C12H13Cl2N3O2. The van der Waals surface area contributed by atoms with Gasteiger partial charge >= 0.3 is 5.97 Å². The minimum atomic E-state index is -0.421. The molecule has 2 aromatic heterocycles. The molecule has 2 rings (SSSR count). The summed E-state index contributed by atoms with van der Waals surface area (Å²) in [6, 6.07) is 3.38. The molecule has 0 fully saturated rings. The van der Waals surface area contributed by atoms with E-state index in [9.17, 15) is 4.79 Å². The maximum atomic E-state index is 11.8. The second-order valence-corrected chi connectivity index (χ2v) is 4.74. The predicted octanol–water partition coefficient (Wildman–Crippen LogP) is 2.81. The van der Waals surface area contributed by atoms with Gasteiger partial charge in [-0.1, -0.05) is 0 Å². The molecule has 1 atom stereocenters. The summed E-state index contributed by atoms with van der Waals surface area (Å²) >= 11 is 11.9. The standard InChI is InChI=1S/C12H13Cl2N3O2/c1-2-19-12(18)8-4-3-7-17-10(8)15-16-11(17)9(14)5-6-13/h3-4,7,9H,2,5-6H2,1H3/t9-/m1/s1. The number of hydrogen-bond donors (Lipinski definition) is 0. The molecule has 0 aliphatic heterocycles. The van der Waals surface area contributed by atoms with E-state index < -0.39 is 5.97 Å². The molecule has 0 aliphatic rings. The fourth-order valence-corrected chi connectivity index (χ4v) is 2.33. The van der Waals surface area contributed by atoms with Gasteiger partial charge in [-0.2, -0.15) is 0 Å². The van der Waals surface area contributed by atoms with Crippen LogP contribution >= 0.6 is 23.2 Å². The third kappa shape index (κ3) is 2.82. The number of pyridine rings is 1. The average molecular weight is 302 g/mol. The Bertz CT molecular complexity index is 585. The van der Waals surface area contributed by atoms with Crippen LogP contribution in [0.1, 0.15) is 34.9 Å². The summed E-state index contributed by atoms with van der Waals surface area (Å²) in [5, 5.41) is 7.70. The lowest BCUT2D eigenvalue weighted by molar-refractivity contribution is 0.0528. The molecule has 0 unspecified atom stereocenters. The first-order valence-electron chi connectivity index (χ1n) is 5.89. The van der Waals surface area contributed by atoms with Crippen LogP contribution in [0.5, 0.6) is 0 Å². The van der Waals surface area contributed by atoms with Gasteiger partial charge in [0.05, 0.1) is 12.0 Å². The van der Waals surface area contributed by atoms with Crippen molar-refractivity contribution in [3.63, 3.8) is 0 Å². The van der Waals surface area contributed by atoms with Crippen molar-refractivity contribution in [2.45, 2.75) is 18.7 Å². The van der Waals surface area contributed by atoms with Gasteiger partial charge in [-0.15, -0.1) is 33.4 Å². The van der Waals surface area contributed by atoms with E-state index >= 15 is 0 Å². The first-order valence-corrected chi connectivity index (χ1v) is 6.87. The molecule has 0 aliphatic carbocycles. The summed E-state index contributed by atoms with van der Waals surface area (Å²) in [4.78, 5) is 11.8. The van der Waals surface area contributed by atoms with Gasteiger partial charge in [-0.3, -0.25) is 4.40 Å². The SMILES string of the molecule is CCOC(=O)c1cccn2c([C@H](Cl)CCCl)nnc12. The Morgan fingerprint density at radius 1 is 1.53 bits per heavy atom. The minimum Gasteiger partial charge on any atom is -0.462 e. The molecule has 0 spiro atoms. The number of fused-ring (bicyclic) bond motifs is 1. The lowest BCUT2D eigenvalue weighted by Crippen LogP contribution is -2.07. The van der Waals surface area contributed by atoms with E-state index in [1.165, 1.54) is 0 Å². The zero-order chi connectivity index (χ0) is 13.8. The van der Waals surface area contributed by atoms with E-state index in [2.05, 4.69) is 10.2 Å². The highest BCUT2D eigenvalue weighted by atomic mass is 35.5. The van der Waals surface area contributed by atoms with Gasteiger partial charge in [-0.05, 0) is 25.5 Å². The number of halogens is 2. The van der Waals surface area contributed by atoms with Crippen LogP contribution in [0.15, 0.2) is 18.3 Å². The van der Waals surface area contributed by atoms with E-state index in [1.807, 2.05) is 0 Å². The van der Waals surface area contributed by atoms with E-state index in [1.54, 1.807) is 29.7 Å². The maximum Gasteiger partial charge on any atom is 0.341 e. The quantitative estimate of drug-likeness (QED) is 0.629. The topological polar surface area (TPSA) is 56.5 Å². The van der Waals surface area contributed by atoms with Crippen LogP contribution in [0, 0.1) is 0 Å². The van der Waals surface area contributed by atoms with E-state index in [0.29, 0.717) is 35.9 Å². The smallest absolute Gasteiger partial charge is 0.341 e. The molecule has 0 amide bonds. The minimum absolute atomic E-state index is 0.311. The second-order valence-electron chi connectivity index (χ2n) is 3.84. The summed E-state index contributed by atoms with van der Waals surface area (Å²) < 4.78 is 6.67. The number of rotatable bonds is 5. The highest BCUT2D eigenvalue weighted by molar-refractivity contribution is 6.22. The van der Waals surface area contributed by atoms with E-state index in [0.717, 1.165) is 0 Å². The molecule has 19 heavy (non-hydrogen) atoms. The molecule has 2 aromatic rings. The van der Waals surface area contributed by atoms with Crippen molar-refractivity contribution in [2.75, 3.05) is 12.5 Å². The molecule has 2 heterocycles. The van der Waals surface area contributed by atoms with Crippen LogP contribution in [0.4, 0.5) is 0 Å². The Kier molecular flexibility index (Phi) is 4.61. The first kappa shape index (κ1) is 14.1. The number of nitrogens with zero attached hydrogens (tertiary/aromatic N) is 3. The molecule has 102 valence electrons. The highest BCUT2D eigenvalue weighted by Crippen LogP contribution is 2.24. The van der Waals surface area contributed by atoms with Gasteiger partial charge < -0.3 is 4.74 Å². The third-order valence-electron chi connectivity index (χ3n) is 2.60. The van der Waals surface area contributed by atoms with Gasteiger partial charge in [0.2, 0.25) is 0 Å². The fraction of sp³-hybridized carbons (Fsp3) is 0.417. The number of esters is 1. The summed E-state index contributed by atoms with van der Waals surface area (Å²) in [6.45, 7) is 2.06. The molecule has 0 saturated heterocycles. The van der Waals surface area contributed by atoms with Gasteiger partial charge in [0.25, 0.3) is 0 Å². The highest BCUT2D eigenvalue weighted by Gasteiger charge is 2.19. The first-order chi connectivity index (χ1) is 9.19. The maximum absolute atomic E-state index is 11.8. The number of alkyl halides is 2. The summed E-state index contributed by atoms with van der Waals surface area (Å²) in [5.41, 5.74) is 0.814. The number of carbonyl (C=O) groups excluding carboxylic acids is 1. The van der Waals surface area contributed by atoms with Crippen LogP contribution in [0.25, 0.3) is 5.65 Å². The van der Waals surface area contributed by atoms with Crippen molar-refractivity contribution in [3.8, 4) is 0 Å². The number of carbonyl (C=O) groups is 1. The zero-order valence-electron chi connectivity index (χ0n) is 10.3. The van der Waals surface area contributed by atoms with Gasteiger partial charge in [0.1, 0.15) is 5.56 Å². The van der Waals surface area contributed by atoms with Crippen molar-refractivity contribution in [1.29, 1.82) is 0 Å². The van der Waals surface area contributed by atoms with Gasteiger partial charge in [-0.25, -0.2) is 4.79 Å². The largest absolute Gasteiger partial charge is 0.462 e. The van der Waals surface area contributed by atoms with Crippen molar-refractivity contribution < 1.29 is 9.53 Å². The molecule has 0 radical (unpaired) electrons. The Hall–Kier alpha value is -1.33. The Morgan fingerprint density at radius 3 is 3.00 bits per heavy atom. The molecule has 0 N–H and O–H groups in total. The summed E-state index contributed by atoms with van der Waals surface area (Å²) in [5.74, 6) is 0.583. The number of hydrogen-bond acceptors (Lipinski definition) is 4. The Labute approximate surface area is 120 Å². The summed E-state index contributed by atoms with van der Waals surface area (Å²) in [7, 11) is 0. The number of ether oxygens (including phenoxy) is 1. The molecule has 5 nitrogen and oxygen atoms in total. The van der Waals surface area contributed by atoms with Crippen LogP contribution in [-0.2, 0) is 4.74 Å². The van der Waals surface area contributed by atoms with Crippen LogP contribution in [-0.4, -0.2) is 33.1 Å². The van der Waals surface area contributed by atoms with E-state index in [-0.39, 0.29) is 5.38 Å². The van der Waals surface area contributed by atoms with Crippen molar-refractivity contribution in [1.82, 2.24) is 14.6 Å². The zero-order valence-corrected chi connectivity index (χ0v) is 11.9. The fourth-order valence-electron chi connectivity index (χ4n) is 1.74. The normalized spacial score (nSPS) is 12.6. The number of aromatic nitrogens is 3. The second kappa shape index (κ2) is 6.21. The van der Waals surface area contributed by atoms with Crippen molar-refractivity contribution >= 4 is 34.8 Å². The lowest BCUT2D eigenvalue weighted by atomic mass is 10.2. The van der Waals surface area contributed by atoms with E-state index in [4.69, 9.17) is 27.9 Å². The van der Waals surface area contributed by atoms with Crippen LogP contribution < -0.4 is 0 Å². The van der Waals surface area contributed by atoms with Gasteiger partial charge in [0.15, 0.2) is 11.5 Å². The molecule has 0 aromatic carbocycles. The molecule has 7 heteroatoms. The lowest BCUT2D eigenvalue weighted by Gasteiger charge is -2.06. The molecule has 0 bridgehead atoms. The van der Waals surface area contributed by atoms with Crippen LogP contribution in [0.2, 0.25) is 0 Å². The average Bonchev–Trinajstić information content (AvgIpc) is 2.82. The van der Waals surface area contributed by atoms with Crippen molar-refractivity contribution in [2.24, 2.45) is 0 Å².